The van der Waals surface area contributed by atoms with Crippen LogP contribution in [-0.4, -0.2) is 14.8 Å². The second-order valence-electron chi connectivity index (χ2n) is 5.04. The first-order valence-electron chi connectivity index (χ1n) is 7.02. The van der Waals surface area contributed by atoms with Crippen molar-refractivity contribution >= 4 is 23.4 Å². The van der Waals surface area contributed by atoms with E-state index in [9.17, 15) is 0 Å². The van der Waals surface area contributed by atoms with Gasteiger partial charge >= 0.3 is 0 Å². The molecule has 0 aliphatic heterocycles. The number of halogens is 1. The third kappa shape index (κ3) is 3.18. The minimum absolute atomic E-state index is 0.321. The fourth-order valence-electron chi connectivity index (χ4n) is 2.22. The molecule has 3 rings (SSSR count). The van der Waals surface area contributed by atoms with Crippen LogP contribution in [-0.2, 0) is 7.05 Å². The van der Waals surface area contributed by atoms with Crippen LogP contribution >= 0.6 is 23.4 Å². The van der Waals surface area contributed by atoms with Crippen molar-refractivity contribution in [2.45, 2.75) is 17.3 Å². The molecule has 0 spiro atoms. The van der Waals surface area contributed by atoms with Crippen LogP contribution < -0.4 is 0 Å². The standard InChI is InChI=1S/C17H16ClN3S/c1-12(13-6-4-3-5-7-13)22-17-20-19-16(21(17)2)14-8-10-15(18)11-9-14/h3-12H,1-2H3/t12-/m1/s1. The first kappa shape index (κ1) is 15.1. The van der Waals surface area contributed by atoms with Gasteiger partial charge in [0.15, 0.2) is 11.0 Å². The molecule has 0 aliphatic carbocycles. The zero-order valence-electron chi connectivity index (χ0n) is 12.4. The van der Waals surface area contributed by atoms with Crippen molar-refractivity contribution in [3.63, 3.8) is 0 Å². The average molecular weight is 330 g/mol. The van der Waals surface area contributed by atoms with Crippen LogP contribution in [0.15, 0.2) is 59.8 Å². The van der Waals surface area contributed by atoms with Crippen molar-refractivity contribution in [2.24, 2.45) is 7.05 Å². The molecule has 2 aromatic carbocycles. The predicted molar refractivity (Wildman–Crippen MR) is 92.2 cm³/mol. The fourth-order valence-corrected chi connectivity index (χ4v) is 3.29. The van der Waals surface area contributed by atoms with E-state index in [0.717, 1.165) is 21.6 Å². The second-order valence-corrected chi connectivity index (χ2v) is 6.79. The zero-order chi connectivity index (χ0) is 15.5. The van der Waals surface area contributed by atoms with Crippen molar-refractivity contribution < 1.29 is 0 Å². The minimum Gasteiger partial charge on any atom is -0.305 e. The predicted octanol–water partition coefficient (Wildman–Crippen LogP) is 4.99. The molecule has 0 amide bonds. The quantitative estimate of drug-likeness (QED) is 0.632. The van der Waals surface area contributed by atoms with Gasteiger partial charge < -0.3 is 4.57 Å². The monoisotopic (exact) mass is 329 g/mol. The summed E-state index contributed by atoms with van der Waals surface area (Å²) < 4.78 is 2.02. The molecular formula is C17H16ClN3S. The van der Waals surface area contributed by atoms with Crippen LogP contribution in [0, 0.1) is 0 Å². The van der Waals surface area contributed by atoms with Crippen LogP contribution in [0.4, 0.5) is 0 Å². The topological polar surface area (TPSA) is 30.7 Å². The summed E-state index contributed by atoms with van der Waals surface area (Å²) in [6, 6.07) is 18.1. The van der Waals surface area contributed by atoms with Gasteiger partial charge in [0.1, 0.15) is 0 Å². The molecule has 0 unspecified atom stereocenters. The Bertz CT molecular complexity index is 753. The van der Waals surface area contributed by atoms with E-state index in [0.29, 0.717) is 5.25 Å². The van der Waals surface area contributed by atoms with Crippen LogP contribution in [0.3, 0.4) is 0 Å². The maximum atomic E-state index is 5.93. The van der Waals surface area contributed by atoms with Gasteiger partial charge in [-0.1, -0.05) is 53.7 Å². The third-order valence-electron chi connectivity index (χ3n) is 3.49. The molecular weight excluding hydrogens is 314 g/mol. The Morgan fingerprint density at radius 1 is 1.00 bits per heavy atom. The lowest BCUT2D eigenvalue weighted by Crippen LogP contribution is -1.96. The minimum atomic E-state index is 0.321. The number of rotatable bonds is 4. The highest BCUT2D eigenvalue weighted by Gasteiger charge is 2.15. The summed E-state index contributed by atoms with van der Waals surface area (Å²) in [5, 5.41) is 10.6. The van der Waals surface area contributed by atoms with E-state index in [1.807, 2.05) is 41.9 Å². The summed E-state index contributed by atoms with van der Waals surface area (Å²) in [5.74, 6) is 0.847. The normalized spacial score (nSPS) is 12.3. The van der Waals surface area contributed by atoms with E-state index in [1.165, 1.54) is 5.56 Å². The molecule has 0 N–H and O–H groups in total. The number of hydrogen-bond donors (Lipinski definition) is 0. The molecule has 1 atom stereocenters. The summed E-state index contributed by atoms with van der Waals surface area (Å²) in [7, 11) is 1.99. The highest BCUT2D eigenvalue weighted by atomic mass is 35.5. The van der Waals surface area contributed by atoms with Gasteiger partial charge in [0, 0.05) is 22.9 Å². The lowest BCUT2D eigenvalue weighted by molar-refractivity contribution is 0.790. The van der Waals surface area contributed by atoms with Gasteiger partial charge in [0.2, 0.25) is 0 Å². The molecule has 0 radical (unpaired) electrons. The summed E-state index contributed by atoms with van der Waals surface area (Å²) in [6.45, 7) is 2.18. The maximum absolute atomic E-state index is 5.93. The number of nitrogens with zero attached hydrogens (tertiary/aromatic N) is 3. The van der Waals surface area contributed by atoms with Crippen LogP contribution in [0.25, 0.3) is 11.4 Å². The van der Waals surface area contributed by atoms with E-state index < -0.39 is 0 Å². The molecule has 1 aromatic heterocycles. The largest absolute Gasteiger partial charge is 0.305 e. The van der Waals surface area contributed by atoms with Gasteiger partial charge in [-0.25, -0.2) is 0 Å². The van der Waals surface area contributed by atoms with Gasteiger partial charge in [0.05, 0.1) is 0 Å². The number of aromatic nitrogens is 3. The molecule has 112 valence electrons. The Labute approximate surface area is 139 Å². The second kappa shape index (κ2) is 6.55. The fraction of sp³-hybridized carbons (Fsp3) is 0.176. The van der Waals surface area contributed by atoms with Crippen molar-refractivity contribution in [3.05, 3.63) is 65.2 Å². The molecule has 22 heavy (non-hydrogen) atoms. The van der Waals surface area contributed by atoms with Crippen LogP contribution in [0.5, 0.6) is 0 Å². The maximum Gasteiger partial charge on any atom is 0.191 e. The third-order valence-corrected chi connectivity index (χ3v) is 4.93. The highest BCUT2D eigenvalue weighted by molar-refractivity contribution is 7.99. The lowest BCUT2D eigenvalue weighted by Gasteiger charge is -2.11. The molecule has 3 nitrogen and oxygen atoms in total. The van der Waals surface area contributed by atoms with Crippen LogP contribution in [0.1, 0.15) is 17.7 Å². The van der Waals surface area contributed by atoms with E-state index >= 15 is 0 Å². The van der Waals surface area contributed by atoms with Crippen molar-refractivity contribution in [1.29, 1.82) is 0 Å². The van der Waals surface area contributed by atoms with E-state index in [4.69, 9.17) is 11.6 Å². The van der Waals surface area contributed by atoms with Gasteiger partial charge in [-0.2, -0.15) is 0 Å². The van der Waals surface area contributed by atoms with Gasteiger partial charge in [0.25, 0.3) is 0 Å². The smallest absolute Gasteiger partial charge is 0.191 e. The Kier molecular flexibility index (Phi) is 4.50. The molecule has 0 saturated heterocycles. The number of thioether (sulfide) groups is 1. The average Bonchev–Trinajstić information content (AvgIpc) is 2.90. The van der Waals surface area contributed by atoms with Gasteiger partial charge in [-0.15, -0.1) is 10.2 Å². The molecule has 5 heteroatoms. The summed E-state index contributed by atoms with van der Waals surface area (Å²) >= 11 is 7.64. The summed E-state index contributed by atoms with van der Waals surface area (Å²) in [4.78, 5) is 0. The number of benzene rings is 2. The van der Waals surface area contributed by atoms with Gasteiger partial charge in [-0.3, -0.25) is 0 Å². The first-order valence-corrected chi connectivity index (χ1v) is 8.28. The number of hydrogen-bond acceptors (Lipinski definition) is 3. The first-order chi connectivity index (χ1) is 10.6. The Morgan fingerprint density at radius 2 is 1.68 bits per heavy atom. The summed E-state index contributed by atoms with van der Waals surface area (Å²) in [5.41, 5.74) is 2.29. The van der Waals surface area contributed by atoms with Crippen molar-refractivity contribution in [1.82, 2.24) is 14.8 Å². The molecule has 0 saturated carbocycles. The van der Waals surface area contributed by atoms with E-state index in [2.05, 4.69) is 41.4 Å². The van der Waals surface area contributed by atoms with Crippen LogP contribution in [0.2, 0.25) is 5.02 Å². The van der Waals surface area contributed by atoms with Gasteiger partial charge in [-0.05, 0) is 36.8 Å². The molecule has 0 fully saturated rings. The molecule has 1 heterocycles. The zero-order valence-corrected chi connectivity index (χ0v) is 14.0. The molecule has 0 bridgehead atoms. The Morgan fingerprint density at radius 3 is 2.36 bits per heavy atom. The molecule has 3 aromatic rings. The Hall–Kier alpha value is -1.78. The lowest BCUT2D eigenvalue weighted by atomic mass is 10.2. The summed E-state index contributed by atoms with van der Waals surface area (Å²) in [6.07, 6.45) is 0. The SMILES string of the molecule is C[C@@H](Sc1nnc(-c2ccc(Cl)cc2)n1C)c1ccccc1. The highest BCUT2D eigenvalue weighted by Crippen LogP contribution is 2.34. The Balaban J connectivity index is 1.83. The van der Waals surface area contributed by atoms with E-state index in [1.54, 1.807) is 11.8 Å². The van der Waals surface area contributed by atoms with Crippen molar-refractivity contribution in [2.75, 3.05) is 0 Å². The van der Waals surface area contributed by atoms with E-state index in [-0.39, 0.29) is 0 Å². The molecule has 0 aliphatic rings. The van der Waals surface area contributed by atoms with Crippen molar-refractivity contribution in [3.8, 4) is 11.4 Å².